The Balaban J connectivity index is 1.97. The van der Waals surface area contributed by atoms with Crippen molar-refractivity contribution < 1.29 is 13.2 Å². The van der Waals surface area contributed by atoms with Crippen LogP contribution in [-0.4, -0.2) is 46.5 Å². The molecule has 1 heterocycles. The largest absolute Gasteiger partial charge is 0.320 e. The molecule has 0 aliphatic heterocycles. The van der Waals surface area contributed by atoms with Crippen LogP contribution >= 0.6 is 11.6 Å². The van der Waals surface area contributed by atoms with Gasteiger partial charge in [0.25, 0.3) is 5.91 Å². The first-order valence-electron chi connectivity index (χ1n) is 9.34. The average molecular weight is 448 g/mol. The Morgan fingerprint density at radius 3 is 2.53 bits per heavy atom. The molecule has 30 heavy (non-hydrogen) atoms. The highest BCUT2D eigenvalue weighted by Crippen LogP contribution is 2.26. The van der Waals surface area contributed by atoms with Gasteiger partial charge in [-0.3, -0.25) is 4.79 Å². The van der Waals surface area contributed by atoms with Crippen LogP contribution in [0.5, 0.6) is 0 Å². The lowest BCUT2D eigenvalue weighted by Crippen LogP contribution is -2.31. The maximum atomic E-state index is 13.0. The first-order valence-corrected chi connectivity index (χ1v) is 11.2. The normalized spacial score (nSPS) is 11.6. The summed E-state index contributed by atoms with van der Waals surface area (Å²) in [6, 6.07) is 9.59. The molecule has 0 fully saturated rings. The molecule has 0 saturated carbocycles. The summed E-state index contributed by atoms with van der Waals surface area (Å²) in [5.74, 6) is -0.463. The third kappa shape index (κ3) is 4.38. The molecular formula is C20H22ClN5O3S. The standard InChI is InChI=1S/C20H22ClN5O3S/c1-4-25(5-2)30(28,29)19-10-15(7-6-14(19)3)20(27)24-17-11-16(21)8-9-18(17)26-13-22-12-23-26/h6-13H,4-5H2,1-3H3,(H,24,27). The molecule has 10 heteroatoms. The van der Waals surface area contributed by atoms with Gasteiger partial charge in [0.05, 0.1) is 16.3 Å². The number of halogens is 1. The van der Waals surface area contributed by atoms with Gasteiger partial charge in [-0.2, -0.15) is 9.40 Å². The van der Waals surface area contributed by atoms with E-state index in [0.29, 0.717) is 35.1 Å². The minimum absolute atomic E-state index is 0.112. The van der Waals surface area contributed by atoms with Gasteiger partial charge < -0.3 is 5.32 Å². The minimum atomic E-state index is -3.70. The number of rotatable bonds is 7. The van der Waals surface area contributed by atoms with E-state index in [1.165, 1.54) is 27.7 Å². The van der Waals surface area contributed by atoms with E-state index < -0.39 is 15.9 Å². The number of sulfonamides is 1. The number of carbonyl (C=O) groups is 1. The molecule has 1 N–H and O–H groups in total. The minimum Gasteiger partial charge on any atom is -0.320 e. The van der Waals surface area contributed by atoms with E-state index in [2.05, 4.69) is 15.4 Å². The number of amides is 1. The van der Waals surface area contributed by atoms with E-state index in [-0.39, 0.29) is 10.5 Å². The predicted molar refractivity (Wildman–Crippen MR) is 116 cm³/mol. The number of aryl methyl sites for hydroxylation is 1. The number of nitrogens with one attached hydrogen (secondary N) is 1. The quantitative estimate of drug-likeness (QED) is 0.597. The Kier molecular flexibility index (Phi) is 6.55. The molecule has 1 amide bonds. The second kappa shape index (κ2) is 8.95. The van der Waals surface area contributed by atoms with Crippen molar-refractivity contribution in [1.82, 2.24) is 19.1 Å². The number of carbonyl (C=O) groups excluding carboxylic acids is 1. The fourth-order valence-corrected chi connectivity index (χ4v) is 4.94. The number of nitrogens with zero attached hydrogens (tertiary/aromatic N) is 4. The lowest BCUT2D eigenvalue weighted by Gasteiger charge is -2.20. The summed E-state index contributed by atoms with van der Waals surface area (Å²) >= 11 is 6.10. The van der Waals surface area contributed by atoms with Crippen molar-refractivity contribution in [3.63, 3.8) is 0 Å². The third-order valence-corrected chi connectivity index (χ3v) is 7.07. The second-order valence-electron chi connectivity index (χ2n) is 6.53. The van der Waals surface area contributed by atoms with E-state index >= 15 is 0 Å². The highest BCUT2D eigenvalue weighted by molar-refractivity contribution is 7.89. The molecular weight excluding hydrogens is 426 g/mol. The zero-order valence-electron chi connectivity index (χ0n) is 16.8. The number of aromatic nitrogens is 3. The average Bonchev–Trinajstić information content (AvgIpc) is 3.23. The zero-order valence-corrected chi connectivity index (χ0v) is 18.4. The van der Waals surface area contributed by atoms with Crippen LogP contribution in [0.1, 0.15) is 29.8 Å². The molecule has 0 atom stereocenters. The molecule has 3 aromatic rings. The van der Waals surface area contributed by atoms with Crippen molar-refractivity contribution in [3.8, 4) is 5.69 Å². The topological polar surface area (TPSA) is 97.2 Å². The highest BCUT2D eigenvalue weighted by atomic mass is 35.5. The molecule has 1 aromatic heterocycles. The smallest absolute Gasteiger partial charge is 0.255 e. The van der Waals surface area contributed by atoms with Crippen LogP contribution < -0.4 is 5.32 Å². The summed E-state index contributed by atoms with van der Waals surface area (Å²) < 4.78 is 28.8. The van der Waals surface area contributed by atoms with Gasteiger partial charge in [-0.15, -0.1) is 0 Å². The van der Waals surface area contributed by atoms with E-state index in [9.17, 15) is 13.2 Å². The van der Waals surface area contributed by atoms with Crippen molar-refractivity contribution >= 4 is 33.2 Å². The zero-order chi connectivity index (χ0) is 21.9. The van der Waals surface area contributed by atoms with Crippen LogP contribution in [0.2, 0.25) is 5.02 Å². The number of benzene rings is 2. The van der Waals surface area contributed by atoms with E-state index in [1.54, 1.807) is 51.1 Å². The lowest BCUT2D eigenvalue weighted by atomic mass is 10.1. The Hall–Kier alpha value is -2.75. The first-order chi connectivity index (χ1) is 14.3. The van der Waals surface area contributed by atoms with Crippen LogP contribution in [0.15, 0.2) is 53.9 Å². The van der Waals surface area contributed by atoms with Gasteiger partial charge in [0.1, 0.15) is 12.7 Å². The second-order valence-corrected chi connectivity index (χ2v) is 8.87. The van der Waals surface area contributed by atoms with Gasteiger partial charge >= 0.3 is 0 Å². The molecule has 2 aromatic carbocycles. The molecule has 0 unspecified atom stereocenters. The Morgan fingerprint density at radius 2 is 1.90 bits per heavy atom. The van der Waals surface area contributed by atoms with Crippen molar-refractivity contribution in [2.24, 2.45) is 0 Å². The highest BCUT2D eigenvalue weighted by Gasteiger charge is 2.25. The first kappa shape index (κ1) is 21.9. The predicted octanol–water partition coefficient (Wildman–Crippen LogP) is 3.51. The maximum absolute atomic E-state index is 13.0. The molecule has 0 aliphatic rings. The van der Waals surface area contributed by atoms with Gasteiger partial charge in [0.15, 0.2) is 0 Å². The number of anilines is 1. The van der Waals surface area contributed by atoms with Gasteiger partial charge in [-0.1, -0.05) is 31.5 Å². The molecule has 0 aliphatic carbocycles. The maximum Gasteiger partial charge on any atom is 0.255 e. The van der Waals surface area contributed by atoms with Crippen LogP contribution in [0, 0.1) is 6.92 Å². The summed E-state index contributed by atoms with van der Waals surface area (Å²) in [6.07, 6.45) is 2.88. The fourth-order valence-electron chi connectivity index (χ4n) is 3.06. The van der Waals surface area contributed by atoms with E-state index in [1.807, 2.05) is 0 Å². The van der Waals surface area contributed by atoms with Gasteiger partial charge in [-0.05, 0) is 42.8 Å². The summed E-state index contributed by atoms with van der Waals surface area (Å²) in [5, 5.41) is 7.30. The molecule has 0 bridgehead atoms. The van der Waals surface area contributed by atoms with Crippen LogP contribution in [0.25, 0.3) is 5.69 Å². The van der Waals surface area contributed by atoms with Crippen LogP contribution in [-0.2, 0) is 10.0 Å². The number of hydrogen-bond acceptors (Lipinski definition) is 5. The van der Waals surface area contributed by atoms with Crippen molar-refractivity contribution in [2.45, 2.75) is 25.7 Å². The van der Waals surface area contributed by atoms with Crippen molar-refractivity contribution in [3.05, 3.63) is 65.2 Å². The Morgan fingerprint density at radius 1 is 1.17 bits per heavy atom. The fraction of sp³-hybridized carbons (Fsp3) is 0.250. The summed E-state index contributed by atoms with van der Waals surface area (Å²) in [5.41, 5.74) is 1.79. The van der Waals surface area contributed by atoms with Gasteiger partial charge in [0.2, 0.25) is 10.0 Å². The number of hydrogen-bond donors (Lipinski definition) is 1. The Labute approximate surface area is 180 Å². The lowest BCUT2D eigenvalue weighted by molar-refractivity contribution is 0.102. The van der Waals surface area contributed by atoms with Crippen molar-refractivity contribution in [1.29, 1.82) is 0 Å². The van der Waals surface area contributed by atoms with Crippen LogP contribution in [0.3, 0.4) is 0 Å². The molecule has 3 rings (SSSR count). The van der Waals surface area contributed by atoms with E-state index in [4.69, 9.17) is 11.6 Å². The molecule has 0 spiro atoms. The summed E-state index contributed by atoms with van der Waals surface area (Å²) in [6.45, 7) is 5.95. The molecule has 0 saturated heterocycles. The molecule has 0 radical (unpaired) electrons. The Bertz CT molecular complexity index is 1160. The van der Waals surface area contributed by atoms with Crippen molar-refractivity contribution in [2.75, 3.05) is 18.4 Å². The van der Waals surface area contributed by atoms with E-state index in [0.717, 1.165) is 0 Å². The SMILES string of the molecule is CCN(CC)S(=O)(=O)c1cc(C(=O)Nc2cc(Cl)ccc2-n2cncn2)ccc1C. The molecule has 158 valence electrons. The summed E-state index contributed by atoms with van der Waals surface area (Å²) in [4.78, 5) is 17.0. The summed E-state index contributed by atoms with van der Waals surface area (Å²) in [7, 11) is -3.70. The van der Waals surface area contributed by atoms with Gasteiger partial charge in [0, 0.05) is 23.7 Å². The third-order valence-electron chi connectivity index (χ3n) is 4.65. The van der Waals surface area contributed by atoms with Gasteiger partial charge in [-0.25, -0.2) is 18.1 Å². The molecule has 8 nitrogen and oxygen atoms in total. The van der Waals surface area contributed by atoms with Crippen LogP contribution in [0.4, 0.5) is 5.69 Å². The monoisotopic (exact) mass is 447 g/mol.